The highest BCUT2D eigenvalue weighted by molar-refractivity contribution is 7.10. The van der Waals surface area contributed by atoms with Crippen LogP contribution < -0.4 is 4.74 Å². The van der Waals surface area contributed by atoms with Crippen molar-refractivity contribution in [2.45, 2.75) is 65.0 Å². The average molecular weight is 443 g/mol. The lowest BCUT2D eigenvalue weighted by molar-refractivity contribution is -0.143. The van der Waals surface area contributed by atoms with Crippen LogP contribution in [0.3, 0.4) is 0 Å². The lowest BCUT2D eigenvalue weighted by Gasteiger charge is -2.38. The van der Waals surface area contributed by atoms with Crippen LogP contribution in [0.2, 0.25) is 0 Å². The third-order valence-corrected chi connectivity index (χ3v) is 7.21. The summed E-state index contributed by atoms with van der Waals surface area (Å²) in [7, 11) is 1.65. The predicted octanol–water partition coefficient (Wildman–Crippen LogP) is 5.05. The fraction of sp³-hybridized carbons (Fsp3) is 0.520. The average Bonchev–Trinajstić information content (AvgIpc) is 3.28. The molecule has 2 unspecified atom stereocenters. The number of hydrogen-bond acceptors (Lipinski definition) is 4. The van der Waals surface area contributed by atoms with Crippen LogP contribution in [0.4, 0.5) is 0 Å². The Balaban J connectivity index is 1.87. The molecule has 0 bridgehead atoms. The molecule has 2 aromatic rings. The summed E-state index contributed by atoms with van der Waals surface area (Å²) in [6, 6.07) is 10.0. The van der Waals surface area contributed by atoms with Crippen LogP contribution in [0.25, 0.3) is 0 Å². The van der Waals surface area contributed by atoms with Gasteiger partial charge in [-0.15, -0.1) is 11.3 Å². The van der Waals surface area contributed by atoms with Crippen molar-refractivity contribution in [2.24, 2.45) is 0 Å². The zero-order valence-electron chi connectivity index (χ0n) is 19.1. The van der Waals surface area contributed by atoms with E-state index in [1.54, 1.807) is 23.3 Å². The Kier molecular flexibility index (Phi) is 8.13. The Morgan fingerprint density at radius 3 is 2.61 bits per heavy atom. The number of methoxy groups -OCH3 is 1. The SMILES string of the molecule is CCCCC(=O)N(CC(=O)N1CCc2sccc2C1c1ccc(OC)cc1)C(C)CC. The van der Waals surface area contributed by atoms with Gasteiger partial charge in [-0.3, -0.25) is 9.59 Å². The summed E-state index contributed by atoms with van der Waals surface area (Å²) in [4.78, 5) is 31.5. The van der Waals surface area contributed by atoms with Gasteiger partial charge in [0.2, 0.25) is 11.8 Å². The van der Waals surface area contributed by atoms with Crippen molar-refractivity contribution in [3.8, 4) is 5.75 Å². The van der Waals surface area contributed by atoms with Gasteiger partial charge in [0, 0.05) is 23.9 Å². The van der Waals surface area contributed by atoms with Crippen molar-refractivity contribution < 1.29 is 14.3 Å². The lowest BCUT2D eigenvalue weighted by Crippen LogP contribution is -2.49. The molecule has 1 aromatic heterocycles. The van der Waals surface area contributed by atoms with Gasteiger partial charge in [-0.2, -0.15) is 0 Å². The standard InChI is InChI=1S/C25H34N2O3S/c1-5-7-8-23(28)27(18(3)6-2)17-24(29)26-15-13-22-21(14-16-31-22)25(26)19-9-11-20(30-4)12-10-19/h9-12,14,16,18,25H,5-8,13,15,17H2,1-4H3. The lowest BCUT2D eigenvalue weighted by atomic mass is 9.93. The van der Waals surface area contributed by atoms with E-state index in [0.29, 0.717) is 13.0 Å². The Hall–Kier alpha value is -2.34. The van der Waals surface area contributed by atoms with Crippen LogP contribution in [-0.4, -0.2) is 47.9 Å². The molecule has 0 saturated heterocycles. The van der Waals surface area contributed by atoms with Gasteiger partial charge in [-0.1, -0.05) is 32.4 Å². The number of carbonyl (C=O) groups excluding carboxylic acids is 2. The van der Waals surface area contributed by atoms with Gasteiger partial charge in [-0.05, 0) is 60.9 Å². The van der Waals surface area contributed by atoms with Gasteiger partial charge in [-0.25, -0.2) is 0 Å². The third-order valence-electron chi connectivity index (χ3n) is 6.21. The number of amides is 2. The summed E-state index contributed by atoms with van der Waals surface area (Å²) >= 11 is 1.75. The van der Waals surface area contributed by atoms with Crippen molar-refractivity contribution in [2.75, 3.05) is 20.2 Å². The number of hydrogen-bond donors (Lipinski definition) is 0. The molecule has 1 aliphatic rings. The van der Waals surface area contributed by atoms with E-state index >= 15 is 0 Å². The molecule has 168 valence electrons. The van der Waals surface area contributed by atoms with Gasteiger partial charge in [0.1, 0.15) is 12.3 Å². The van der Waals surface area contributed by atoms with E-state index < -0.39 is 0 Å². The molecule has 5 nitrogen and oxygen atoms in total. The van der Waals surface area contributed by atoms with E-state index in [-0.39, 0.29) is 30.4 Å². The Bertz CT molecular complexity index is 877. The molecule has 2 heterocycles. The molecule has 0 spiro atoms. The maximum absolute atomic E-state index is 13.6. The van der Waals surface area contributed by atoms with Crippen molar-refractivity contribution in [3.05, 3.63) is 51.7 Å². The summed E-state index contributed by atoms with van der Waals surface area (Å²) in [6.07, 6.45) is 4.03. The largest absolute Gasteiger partial charge is 0.497 e. The van der Waals surface area contributed by atoms with E-state index in [0.717, 1.165) is 37.0 Å². The molecule has 3 rings (SSSR count). The topological polar surface area (TPSA) is 49.9 Å². The minimum atomic E-state index is -0.127. The Labute approximate surface area is 190 Å². The monoisotopic (exact) mass is 442 g/mol. The zero-order valence-corrected chi connectivity index (χ0v) is 19.9. The highest BCUT2D eigenvalue weighted by Crippen LogP contribution is 2.38. The molecule has 2 atom stereocenters. The fourth-order valence-corrected chi connectivity index (χ4v) is 5.05. The van der Waals surface area contributed by atoms with E-state index in [2.05, 4.69) is 25.3 Å². The van der Waals surface area contributed by atoms with E-state index in [9.17, 15) is 9.59 Å². The maximum Gasteiger partial charge on any atom is 0.243 e. The number of ether oxygens (including phenoxy) is 1. The van der Waals surface area contributed by atoms with Crippen LogP contribution in [0.1, 0.15) is 68.5 Å². The molecule has 0 saturated carbocycles. The highest BCUT2D eigenvalue weighted by atomic mass is 32.1. The first-order valence-electron chi connectivity index (χ1n) is 11.3. The highest BCUT2D eigenvalue weighted by Gasteiger charge is 2.34. The molecule has 0 N–H and O–H groups in total. The second kappa shape index (κ2) is 10.8. The first kappa shape index (κ1) is 23.3. The normalized spacial score (nSPS) is 16.5. The van der Waals surface area contributed by atoms with Crippen LogP contribution in [0, 0.1) is 0 Å². The summed E-state index contributed by atoms with van der Waals surface area (Å²) in [5, 5.41) is 2.11. The molecule has 2 amide bonds. The van der Waals surface area contributed by atoms with Crippen molar-refractivity contribution >= 4 is 23.2 Å². The minimum absolute atomic E-state index is 0.0165. The van der Waals surface area contributed by atoms with Crippen LogP contribution in [0.15, 0.2) is 35.7 Å². The van der Waals surface area contributed by atoms with Gasteiger partial charge in [0.25, 0.3) is 0 Å². The van der Waals surface area contributed by atoms with Gasteiger partial charge < -0.3 is 14.5 Å². The summed E-state index contributed by atoms with van der Waals surface area (Å²) in [5.41, 5.74) is 2.27. The second-order valence-electron chi connectivity index (χ2n) is 8.19. The predicted molar refractivity (Wildman–Crippen MR) is 126 cm³/mol. The zero-order chi connectivity index (χ0) is 22.4. The van der Waals surface area contributed by atoms with E-state index in [4.69, 9.17) is 4.74 Å². The maximum atomic E-state index is 13.6. The Morgan fingerprint density at radius 1 is 1.23 bits per heavy atom. The van der Waals surface area contributed by atoms with Crippen LogP contribution >= 0.6 is 11.3 Å². The number of carbonyl (C=O) groups is 2. The first-order chi connectivity index (χ1) is 15.0. The Morgan fingerprint density at radius 2 is 1.97 bits per heavy atom. The number of benzene rings is 1. The number of nitrogens with zero attached hydrogens (tertiary/aromatic N) is 2. The number of rotatable bonds is 9. The smallest absolute Gasteiger partial charge is 0.243 e. The van der Waals surface area contributed by atoms with E-state index in [1.807, 2.05) is 36.1 Å². The third kappa shape index (κ3) is 5.29. The van der Waals surface area contributed by atoms with Crippen molar-refractivity contribution in [3.63, 3.8) is 0 Å². The molecule has 0 radical (unpaired) electrons. The summed E-state index contributed by atoms with van der Waals surface area (Å²) in [6.45, 7) is 6.99. The molecule has 6 heteroatoms. The molecular formula is C25H34N2O3S. The summed E-state index contributed by atoms with van der Waals surface area (Å²) < 4.78 is 5.31. The van der Waals surface area contributed by atoms with Gasteiger partial charge in [0.05, 0.1) is 13.2 Å². The molecule has 0 aliphatic carbocycles. The molecule has 31 heavy (non-hydrogen) atoms. The van der Waals surface area contributed by atoms with Crippen LogP contribution in [-0.2, 0) is 16.0 Å². The number of unbranched alkanes of at least 4 members (excludes halogenated alkanes) is 1. The first-order valence-corrected chi connectivity index (χ1v) is 12.2. The number of thiophene rings is 1. The van der Waals surface area contributed by atoms with Gasteiger partial charge in [0.15, 0.2) is 0 Å². The fourth-order valence-electron chi connectivity index (χ4n) is 4.15. The summed E-state index contributed by atoms with van der Waals surface area (Å²) in [5.74, 6) is 0.897. The van der Waals surface area contributed by atoms with Gasteiger partial charge >= 0.3 is 0 Å². The minimum Gasteiger partial charge on any atom is -0.497 e. The molecule has 1 aromatic carbocycles. The molecule has 0 fully saturated rings. The van der Waals surface area contributed by atoms with E-state index in [1.165, 1.54) is 10.4 Å². The van der Waals surface area contributed by atoms with Crippen molar-refractivity contribution in [1.82, 2.24) is 9.80 Å². The number of fused-ring (bicyclic) bond motifs is 1. The quantitative estimate of drug-likeness (QED) is 0.546. The second-order valence-corrected chi connectivity index (χ2v) is 9.20. The van der Waals surface area contributed by atoms with Crippen LogP contribution in [0.5, 0.6) is 5.75 Å². The van der Waals surface area contributed by atoms with Crippen molar-refractivity contribution in [1.29, 1.82) is 0 Å². The molecule has 1 aliphatic heterocycles. The molecular weight excluding hydrogens is 408 g/mol.